The largest absolute Gasteiger partial charge is 0.481 e. The number of hydrogen-bond donors (Lipinski definition) is 2. The van der Waals surface area contributed by atoms with Crippen molar-refractivity contribution in [2.24, 2.45) is 0 Å². The summed E-state index contributed by atoms with van der Waals surface area (Å²) in [5, 5.41) is 7.23. The summed E-state index contributed by atoms with van der Waals surface area (Å²) in [7, 11) is 0. The lowest BCUT2D eigenvalue weighted by Crippen LogP contribution is -1.84. The zero-order valence-corrected chi connectivity index (χ0v) is 7.99. The summed E-state index contributed by atoms with van der Waals surface area (Å²) < 4.78 is 0. The lowest BCUT2D eigenvalue weighted by Gasteiger charge is -1.88. The van der Waals surface area contributed by atoms with Crippen LogP contribution in [-0.2, 0) is 4.79 Å². The van der Waals surface area contributed by atoms with Gasteiger partial charge in [-0.15, -0.1) is 12.6 Å². The Balaban J connectivity index is 0.000000310. The summed E-state index contributed by atoms with van der Waals surface area (Å²) in [6.07, 6.45) is 0. The first-order chi connectivity index (χ1) is 6.04. The third-order valence-electron chi connectivity index (χ3n) is 1.02. The maximum Gasteiger partial charge on any atom is 0.300 e. The third-order valence-corrected chi connectivity index (χ3v) is 1.28. The van der Waals surface area contributed by atoms with Crippen LogP contribution in [-0.4, -0.2) is 16.2 Å². The van der Waals surface area contributed by atoms with E-state index in [1.807, 2.05) is 18.2 Å². The van der Waals surface area contributed by atoms with E-state index in [1.165, 1.54) is 0 Å². The standard InChI is InChI=1S/C7H6OS.C2H4O2/c8-7(9)6-4-2-1-3-5-6;1-2(3)4/h1-5H,(H,8,9);1H3,(H,3,4). The van der Waals surface area contributed by atoms with Crippen LogP contribution in [0.4, 0.5) is 0 Å². The van der Waals surface area contributed by atoms with Gasteiger partial charge in [0.25, 0.3) is 5.97 Å². The molecule has 0 spiro atoms. The van der Waals surface area contributed by atoms with Crippen LogP contribution in [0.25, 0.3) is 0 Å². The second-order valence-electron chi connectivity index (χ2n) is 2.19. The normalized spacial score (nSPS) is 8.15. The van der Waals surface area contributed by atoms with Crippen LogP contribution in [0, 0.1) is 0 Å². The van der Waals surface area contributed by atoms with Gasteiger partial charge in [-0.1, -0.05) is 30.3 Å². The molecule has 1 aromatic carbocycles. The van der Waals surface area contributed by atoms with Gasteiger partial charge in [-0.3, -0.25) is 9.59 Å². The third kappa shape index (κ3) is 7.08. The molecule has 0 bridgehead atoms. The Morgan fingerprint density at radius 3 is 1.85 bits per heavy atom. The Morgan fingerprint density at radius 2 is 1.62 bits per heavy atom. The Labute approximate surface area is 81.8 Å². The molecule has 0 aliphatic rings. The number of carboxylic acid groups (broad SMARTS) is 1. The van der Waals surface area contributed by atoms with E-state index >= 15 is 0 Å². The summed E-state index contributed by atoms with van der Waals surface area (Å²) in [6, 6.07) is 8.94. The monoisotopic (exact) mass is 198 g/mol. The fourth-order valence-corrected chi connectivity index (χ4v) is 0.730. The predicted molar refractivity (Wildman–Crippen MR) is 53.1 cm³/mol. The zero-order valence-electron chi connectivity index (χ0n) is 7.10. The highest BCUT2D eigenvalue weighted by atomic mass is 32.1. The molecule has 0 aliphatic carbocycles. The number of carbonyl (C=O) groups is 2. The molecule has 0 unspecified atom stereocenters. The van der Waals surface area contributed by atoms with Gasteiger partial charge in [0.15, 0.2) is 0 Å². The molecule has 0 fully saturated rings. The Hall–Kier alpha value is -1.29. The quantitative estimate of drug-likeness (QED) is 0.677. The summed E-state index contributed by atoms with van der Waals surface area (Å²) in [4.78, 5) is 19.5. The van der Waals surface area contributed by atoms with Gasteiger partial charge >= 0.3 is 0 Å². The van der Waals surface area contributed by atoms with Crippen LogP contribution >= 0.6 is 12.6 Å². The molecule has 4 heteroatoms. The van der Waals surface area contributed by atoms with Gasteiger partial charge < -0.3 is 5.11 Å². The minimum absolute atomic E-state index is 0.185. The van der Waals surface area contributed by atoms with E-state index in [4.69, 9.17) is 9.90 Å². The van der Waals surface area contributed by atoms with E-state index in [9.17, 15) is 4.79 Å². The molecular weight excluding hydrogens is 188 g/mol. The topological polar surface area (TPSA) is 54.4 Å². The fourth-order valence-electron chi connectivity index (χ4n) is 0.581. The highest BCUT2D eigenvalue weighted by Crippen LogP contribution is 2.00. The molecule has 70 valence electrons. The van der Waals surface area contributed by atoms with Crippen LogP contribution in [0.1, 0.15) is 17.3 Å². The number of hydrogen-bond acceptors (Lipinski definition) is 2. The summed E-state index contributed by atoms with van der Waals surface area (Å²) >= 11 is 3.65. The van der Waals surface area contributed by atoms with Gasteiger partial charge in [0.1, 0.15) is 0 Å². The number of aliphatic carboxylic acids is 1. The average molecular weight is 198 g/mol. The van der Waals surface area contributed by atoms with Gasteiger partial charge in [-0.2, -0.15) is 0 Å². The average Bonchev–Trinajstić information content (AvgIpc) is 2.05. The highest BCUT2D eigenvalue weighted by Gasteiger charge is 1.94. The van der Waals surface area contributed by atoms with E-state index in [2.05, 4.69) is 12.6 Å². The molecule has 3 nitrogen and oxygen atoms in total. The summed E-state index contributed by atoms with van der Waals surface area (Å²) in [5.74, 6) is -0.833. The van der Waals surface area contributed by atoms with Crippen LogP contribution in [0.15, 0.2) is 30.3 Å². The Kier molecular flexibility index (Phi) is 5.63. The Bertz CT molecular complexity index is 278. The molecule has 0 amide bonds. The van der Waals surface area contributed by atoms with Crippen LogP contribution in [0.3, 0.4) is 0 Å². The number of rotatable bonds is 1. The van der Waals surface area contributed by atoms with Gasteiger partial charge in [0.2, 0.25) is 5.12 Å². The molecule has 0 aromatic heterocycles. The molecule has 1 N–H and O–H groups in total. The zero-order chi connectivity index (χ0) is 10.3. The van der Waals surface area contributed by atoms with Crippen LogP contribution in [0.5, 0.6) is 0 Å². The van der Waals surface area contributed by atoms with E-state index in [1.54, 1.807) is 12.1 Å². The minimum Gasteiger partial charge on any atom is -0.481 e. The molecular formula is C9H10O3S. The van der Waals surface area contributed by atoms with Crippen molar-refractivity contribution in [3.05, 3.63) is 35.9 Å². The van der Waals surface area contributed by atoms with Crippen molar-refractivity contribution in [2.45, 2.75) is 6.92 Å². The summed E-state index contributed by atoms with van der Waals surface area (Å²) in [6.45, 7) is 1.08. The molecule has 0 heterocycles. The molecule has 0 saturated heterocycles. The van der Waals surface area contributed by atoms with Crippen molar-refractivity contribution in [1.82, 2.24) is 0 Å². The first-order valence-corrected chi connectivity index (χ1v) is 3.96. The van der Waals surface area contributed by atoms with E-state index < -0.39 is 5.97 Å². The maximum absolute atomic E-state index is 10.5. The highest BCUT2D eigenvalue weighted by molar-refractivity contribution is 7.97. The van der Waals surface area contributed by atoms with Gasteiger partial charge in [0.05, 0.1) is 0 Å². The van der Waals surface area contributed by atoms with Crippen molar-refractivity contribution in [2.75, 3.05) is 0 Å². The Morgan fingerprint density at radius 1 is 1.23 bits per heavy atom. The first-order valence-electron chi connectivity index (χ1n) is 3.52. The number of carboxylic acids is 1. The van der Waals surface area contributed by atoms with Crippen LogP contribution < -0.4 is 0 Å². The minimum atomic E-state index is -0.833. The molecule has 13 heavy (non-hydrogen) atoms. The lowest BCUT2D eigenvalue weighted by atomic mass is 10.2. The van der Waals surface area contributed by atoms with Gasteiger partial charge in [-0.25, -0.2) is 0 Å². The molecule has 1 rings (SSSR count). The van der Waals surface area contributed by atoms with Crippen molar-refractivity contribution in [3.63, 3.8) is 0 Å². The molecule has 0 radical (unpaired) electrons. The van der Waals surface area contributed by atoms with Gasteiger partial charge in [-0.05, 0) is 0 Å². The van der Waals surface area contributed by atoms with E-state index in [0.717, 1.165) is 6.92 Å². The van der Waals surface area contributed by atoms with Gasteiger partial charge in [0, 0.05) is 12.5 Å². The van der Waals surface area contributed by atoms with E-state index in [-0.39, 0.29) is 5.12 Å². The van der Waals surface area contributed by atoms with Crippen molar-refractivity contribution >= 4 is 23.7 Å². The van der Waals surface area contributed by atoms with E-state index in [0.29, 0.717) is 5.56 Å². The van der Waals surface area contributed by atoms with Crippen molar-refractivity contribution < 1.29 is 14.7 Å². The van der Waals surface area contributed by atoms with Crippen molar-refractivity contribution in [1.29, 1.82) is 0 Å². The number of thiol groups is 1. The van der Waals surface area contributed by atoms with Crippen molar-refractivity contribution in [3.8, 4) is 0 Å². The smallest absolute Gasteiger partial charge is 0.300 e. The molecule has 0 atom stereocenters. The second-order valence-corrected chi connectivity index (χ2v) is 2.60. The molecule has 0 saturated carbocycles. The first kappa shape index (κ1) is 11.7. The maximum atomic E-state index is 10.5. The SMILES string of the molecule is CC(=O)O.O=C(S)c1ccccc1. The molecule has 0 aliphatic heterocycles. The second kappa shape index (κ2) is 6.25. The molecule has 1 aromatic rings. The number of benzene rings is 1. The fraction of sp³-hybridized carbons (Fsp3) is 0.111. The summed E-state index contributed by atoms with van der Waals surface area (Å²) in [5.41, 5.74) is 0.640. The lowest BCUT2D eigenvalue weighted by molar-refractivity contribution is -0.134. The number of carbonyl (C=O) groups excluding carboxylic acids is 1. The van der Waals surface area contributed by atoms with Crippen LogP contribution in [0.2, 0.25) is 0 Å². The predicted octanol–water partition coefficient (Wildman–Crippen LogP) is 1.85.